The van der Waals surface area contributed by atoms with Gasteiger partial charge in [-0.3, -0.25) is 0 Å². The largest absolute Gasteiger partial charge is 0.388 e. The van der Waals surface area contributed by atoms with Gasteiger partial charge in [0.15, 0.2) is 0 Å². The van der Waals surface area contributed by atoms with Crippen molar-refractivity contribution in [1.82, 2.24) is 0 Å². The second-order valence-electron chi connectivity index (χ2n) is 3.13. The van der Waals surface area contributed by atoms with E-state index in [9.17, 15) is 9.50 Å². The highest BCUT2D eigenvalue weighted by molar-refractivity contribution is 5.19. The fourth-order valence-corrected chi connectivity index (χ4v) is 1.30. The van der Waals surface area contributed by atoms with E-state index in [1.165, 1.54) is 6.07 Å². The van der Waals surface area contributed by atoms with Gasteiger partial charge in [-0.1, -0.05) is 18.2 Å². The number of benzene rings is 1. The molecule has 0 spiro atoms. The Morgan fingerprint density at radius 3 is 2.79 bits per heavy atom. The van der Waals surface area contributed by atoms with E-state index in [0.29, 0.717) is 24.8 Å². The molecule has 1 nitrogen and oxygen atoms in total. The van der Waals surface area contributed by atoms with Crippen molar-refractivity contribution in [2.45, 2.75) is 25.4 Å². The average Bonchev–Trinajstić information content (AvgIpc) is 2.18. The van der Waals surface area contributed by atoms with Crippen molar-refractivity contribution >= 4 is 0 Å². The number of rotatable bonds is 4. The molecule has 1 rings (SSSR count). The maximum Gasteiger partial charge on any atom is 0.128 e. The second kappa shape index (κ2) is 5.41. The summed E-state index contributed by atoms with van der Waals surface area (Å²) < 4.78 is 13.1. The lowest BCUT2D eigenvalue weighted by Gasteiger charge is -2.10. The predicted molar refractivity (Wildman–Crippen MR) is 54.0 cm³/mol. The highest BCUT2D eigenvalue weighted by atomic mass is 19.1. The van der Waals surface area contributed by atoms with Gasteiger partial charge < -0.3 is 5.11 Å². The molecule has 1 atom stereocenters. The minimum absolute atomic E-state index is 0.351. The van der Waals surface area contributed by atoms with Gasteiger partial charge in [-0.25, -0.2) is 4.39 Å². The van der Waals surface area contributed by atoms with Crippen LogP contribution in [-0.4, -0.2) is 5.11 Å². The van der Waals surface area contributed by atoms with Crippen LogP contribution in [0.25, 0.3) is 0 Å². The number of hydrogen-bond acceptors (Lipinski definition) is 1. The van der Waals surface area contributed by atoms with Crippen molar-refractivity contribution < 1.29 is 9.50 Å². The Morgan fingerprint density at radius 1 is 1.43 bits per heavy atom. The van der Waals surface area contributed by atoms with Crippen molar-refractivity contribution in [3.05, 3.63) is 35.6 Å². The van der Waals surface area contributed by atoms with Crippen LogP contribution in [0.3, 0.4) is 0 Å². The Hall–Kier alpha value is -1.33. The van der Waals surface area contributed by atoms with Crippen molar-refractivity contribution in [1.29, 1.82) is 0 Å². The lowest BCUT2D eigenvalue weighted by Crippen LogP contribution is -2.00. The summed E-state index contributed by atoms with van der Waals surface area (Å²) in [5.74, 6) is 2.12. The average molecular weight is 192 g/mol. The quantitative estimate of drug-likeness (QED) is 0.574. The Morgan fingerprint density at radius 2 is 2.14 bits per heavy atom. The zero-order valence-corrected chi connectivity index (χ0v) is 7.91. The van der Waals surface area contributed by atoms with Crippen molar-refractivity contribution in [3.63, 3.8) is 0 Å². The summed E-state index contributed by atoms with van der Waals surface area (Å²) in [6.45, 7) is 0. The Balaban J connectivity index is 2.57. The zero-order chi connectivity index (χ0) is 10.4. The molecule has 2 heteroatoms. The molecule has 1 unspecified atom stereocenters. The van der Waals surface area contributed by atoms with Crippen LogP contribution in [0.15, 0.2) is 24.3 Å². The van der Waals surface area contributed by atoms with Gasteiger partial charge in [0.2, 0.25) is 0 Å². The predicted octanol–water partition coefficient (Wildman–Crippen LogP) is 2.66. The van der Waals surface area contributed by atoms with Crippen molar-refractivity contribution in [2.75, 3.05) is 0 Å². The lowest BCUT2D eigenvalue weighted by atomic mass is 10.0. The van der Waals surface area contributed by atoms with Crippen LogP contribution in [0.5, 0.6) is 0 Å². The number of terminal acetylenes is 1. The molecular formula is C12H13FO. The lowest BCUT2D eigenvalue weighted by molar-refractivity contribution is 0.160. The molecule has 0 heterocycles. The number of unbranched alkanes of at least 4 members (excludes halogenated alkanes) is 1. The van der Waals surface area contributed by atoms with Crippen LogP contribution in [-0.2, 0) is 0 Å². The monoisotopic (exact) mass is 192 g/mol. The molecular weight excluding hydrogens is 179 g/mol. The first-order valence-electron chi connectivity index (χ1n) is 4.61. The topological polar surface area (TPSA) is 20.2 Å². The fraction of sp³-hybridized carbons (Fsp3) is 0.333. The third-order valence-electron chi connectivity index (χ3n) is 2.06. The molecule has 1 aromatic carbocycles. The van der Waals surface area contributed by atoms with E-state index in [0.717, 1.165) is 0 Å². The second-order valence-corrected chi connectivity index (χ2v) is 3.13. The van der Waals surface area contributed by atoms with Gasteiger partial charge in [-0.05, 0) is 18.9 Å². The summed E-state index contributed by atoms with van der Waals surface area (Å²) in [4.78, 5) is 0. The van der Waals surface area contributed by atoms with Crippen LogP contribution >= 0.6 is 0 Å². The van der Waals surface area contributed by atoms with Gasteiger partial charge in [-0.2, -0.15) is 0 Å². The van der Waals surface area contributed by atoms with Gasteiger partial charge in [0.05, 0.1) is 6.10 Å². The standard InChI is InChI=1S/C12H13FO/c1-2-3-4-9-12(14)10-7-5-6-8-11(10)13/h1,5-8,12,14H,3-4,9H2. The third-order valence-corrected chi connectivity index (χ3v) is 2.06. The minimum atomic E-state index is -0.746. The number of halogens is 1. The molecule has 0 saturated carbocycles. The van der Waals surface area contributed by atoms with Crippen LogP contribution in [0, 0.1) is 18.2 Å². The fourth-order valence-electron chi connectivity index (χ4n) is 1.30. The summed E-state index contributed by atoms with van der Waals surface area (Å²) in [5, 5.41) is 9.62. The van der Waals surface area contributed by atoms with Crippen LogP contribution < -0.4 is 0 Å². The smallest absolute Gasteiger partial charge is 0.128 e. The summed E-state index contributed by atoms with van der Waals surface area (Å²) in [6.07, 6.45) is 6.17. The van der Waals surface area contributed by atoms with Gasteiger partial charge in [0, 0.05) is 12.0 Å². The van der Waals surface area contributed by atoms with E-state index in [1.807, 2.05) is 0 Å². The summed E-state index contributed by atoms with van der Waals surface area (Å²) in [5.41, 5.74) is 0.351. The maximum absolute atomic E-state index is 13.1. The summed E-state index contributed by atoms with van der Waals surface area (Å²) in [6, 6.07) is 6.26. The maximum atomic E-state index is 13.1. The van der Waals surface area contributed by atoms with Gasteiger partial charge in [-0.15, -0.1) is 12.3 Å². The highest BCUT2D eigenvalue weighted by Gasteiger charge is 2.10. The molecule has 0 aliphatic carbocycles. The molecule has 0 saturated heterocycles. The molecule has 14 heavy (non-hydrogen) atoms. The SMILES string of the molecule is C#CCCCC(O)c1ccccc1F. The molecule has 0 aliphatic heterocycles. The Kier molecular flexibility index (Phi) is 4.15. The van der Waals surface area contributed by atoms with Gasteiger partial charge in [0.25, 0.3) is 0 Å². The molecule has 0 radical (unpaired) electrons. The highest BCUT2D eigenvalue weighted by Crippen LogP contribution is 2.21. The Labute approximate surface area is 83.6 Å². The van der Waals surface area contributed by atoms with E-state index in [2.05, 4.69) is 5.92 Å². The Bertz CT molecular complexity index is 327. The molecule has 0 aliphatic rings. The number of aliphatic hydroxyl groups is 1. The normalized spacial score (nSPS) is 12.1. The first-order chi connectivity index (χ1) is 6.75. The van der Waals surface area contributed by atoms with Gasteiger partial charge >= 0.3 is 0 Å². The third kappa shape index (κ3) is 2.86. The molecule has 0 amide bonds. The van der Waals surface area contributed by atoms with Crippen molar-refractivity contribution in [2.24, 2.45) is 0 Å². The van der Waals surface area contributed by atoms with Crippen LogP contribution in [0.4, 0.5) is 4.39 Å². The van der Waals surface area contributed by atoms with E-state index >= 15 is 0 Å². The van der Waals surface area contributed by atoms with Gasteiger partial charge in [0.1, 0.15) is 5.82 Å². The van der Waals surface area contributed by atoms with E-state index in [4.69, 9.17) is 6.42 Å². The molecule has 1 aromatic rings. The summed E-state index contributed by atoms with van der Waals surface area (Å²) in [7, 11) is 0. The molecule has 0 aromatic heterocycles. The molecule has 0 bridgehead atoms. The van der Waals surface area contributed by atoms with Crippen molar-refractivity contribution in [3.8, 4) is 12.3 Å². The first kappa shape index (κ1) is 10.7. The van der Waals surface area contributed by atoms with E-state index in [1.54, 1.807) is 18.2 Å². The first-order valence-corrected chi connectivity index (χ1v) is 4.61. The number of aliphatic hydroxyl groups excluding tert-OH is 1. The van der Waals surface area contributed by atoms with E-state index < -0.39 is 6.10 Å². The molecule has 74 valence electrons. The summed E-state index contributed by atoms with van der Waals surface area (Å²) >= 11 is 0. The zero-order valence-electron chi connectivity index (χ0n) is 7.91. The minimum Gasteiger partial charge on any atom is -0.388 e. The van der Waals surface area contributed by atoms with Crippen LogP contribution in [0.2, 0.25) is 0 Å². The number of hydrogen-bond donors (Lipinski definition) is 1. The van der Waals surface area contributed by atoms with Crippen LogP contribution in [0.1, 0.15) is 30.9 Å². The van der Waals surface area contributed by atoms with E-state index in [-0.39, 0.29) is 5.82 Å². The molecule has 1 N–H and O–H groups in total. The molecule has 0 fully saturated rings.